The number of aliphatic hydroxyl groups excluding tert-OH is 1. The van der Waals surface area contributed by atoms with Crippen LogP contribution in [0.25, 0.3) is 0 Å². The fourth-order valence-corrected chi connectivity index (χ4v) is 2.53. The summed E-state index contributed by atoms with van der Waals surface area (Å²) < 4.78 is 14.1. The number of nitrogens with zero attached hydrogens (tertiary/aromatic N) is 2. The van der Waals surface area contributed by atoms with Crippen molar-refractivity contribution in [1.82, 2.24) is 4.98 Å². The Kier molecular flexibility index (Phi) is 4.87. The Morgan fingerprint density at radius 2 is 2.14 bits per heavy atom. The van der Waals surface area contributed by atoms with Gasteiger partial charge in [-0.1, -0.05) is 17.7 Å². The van der Waals surface area contributed by atoms with Gasteiger partial charge in [0.2, 0.25) is 0 Å². The summed E-state index contributed by atoms with van der Waals surface area (Å²) in [6, 6.07) is 6.69. The monoisotopic (exact) mass is 374 g/mol. The van der Waals surface area contributed by atoms with E-state index in [0.717, 1.165) is 6.07 Å². The van der Waals surface area contributed by atoms with Crippen LogP contribution < -0.4 is 0 Å². The fourth-order valence-electron chi connectivity index (χ4n) is 1.90. The largest absolute Gasteiger partial charge is 0.388 e. The van der Waals surface area contributed by atoms with Crippen molar-refractivity contribution < 1.29 is 14.4 Å². The molecule has 0 aliphatic carbocycles. The van der Waals surface area contributed by atoms with E-state index in [2.05, 4.69) is 20.9 Å². The molecule has 1 N–H and O–H groups in total. The van der Waals surface area contributed by atoms with E-state index in [1.54, 1.807) is 0 Å². The van der Waals surface area contributed by atoms with Crippen molar-refractivity contribution >= 4 is 33.2 Å². The van der Waals surface area contributed by atoms with Crippen LogP contribution in [0.15, 0.2) is 34.9 Å². The summed E-state index contributed by atoms with van der Waals surface area (Å²) >= 11 is 8.97. The molecule has 0 bridgehead atoms. The van der Waals surface area contributed by atoms with Crippen molar-refractivity contribution in [1.29, 1.82) is 0 Å². The molecule has 0 spiro atoms. The minimum atomic E-state index is -1.33. The molecule has 0 amide bonds. The van der Waals surface area contributed by atoms with Gasteiger partial charge in [-0.15, -0.1) is 0 Å². The van der Waals surface area contributed by atoms with E-state index in [-0.39, 0.29) is 28.4 Å². The molecule has 1 atom stereocenters. The van der Waals surface area contributed by atoms with Crippen LogP contribution in [0, 0.1) is 15.9 Å². The average molecular weight is 376 g/mol. The summed E-state index contributed by atoms with van der Waals surface area (Å²) in [5.74, 6) is -0.673. The second-order valence-electron chi connectivity index (χ2n) is 4.21. The minimum Gasteiger partial charge on any atom is -0.388 e. The summed E-state index contributed by atoms with van der Waals surface area (Å²) in [6.45, 7) is 0. The van der Waals surface area contributed by atoms with Gasteiger partial charge in [-0.2, -0.15) is 0 Å². The quantitative estimate of drug-likeness (QED) is 0.501. The fraction of sp³-hybridized carbons (Fsp3) is 0.154. The lowest BCUT2D eigenvalue weighted by molar-refractivity contribution is -0.386. The van der Waals surface area contributed by atoms with Crippen molar-refractivity contribution in [2.24, 2.45) is 0 Å². The molecule has 1 aromatic carbocycles. The molecule has 21 heavy (non-hydrogen) atoms. The molecule has 0 fully saturated rings. The third-order valence-corrected chi connectivity index (χ3v) is 3.60. The van der Waals surface area contributed by atoms with Crippen LogP contribution >= 0.6 is 27.5 Å². The van der Waals surface area contributed by atoms with Gasteiger partial charge in [0.1, 0.15) is 16.1 Å². The van der Waals surface area contributed by atoms with E-state index in [9.17, 15) is 19.6 Å². The van der Waals surface area contributed by atoms with Gasteiger partial charge in [0.15, 0.2) is 0 Å². The molecule has 1 heterocycles. The molecule has 8 heteroatoms. The topological polar surface area (TPSA) is 76.3 Å². The molecule has 1 unspecified atom stereocenters. The van der Waals surface area contributed by atoms with Crippen LogP contribution in [-0.4, -0.2) is 15.0 Å². The summed E-state index contributed by atoms with van der Waals surface area (Å²) in [4.78, 5) is 14.3. The first kappa shape index (κ1) is 15.8. The maximum absolute atomic E-state index is 13.7. The van der Waals surface area contributed by atoms with Gasteiger partial charge in [-0.3, -0.25) is 10.1 Å². The lowest BCUT2D eigenvalue weighted by Crippen LogP contribution is -2.09. The number of aromatic nitrogens is 1. The highest BCUT2D eigenvalue weighted by Crippen LogP contribution is 2.30. The third kappa shape index (κ3) is 3.55. The van der Waals surface area contributed by atoms with E-state index in [4.69, 9.17) is 11.6 Å². The van der Waals surface area contributed by atoms with Gasteiger partial charge < -0.3 is 5.11 Å². The van der Waals surface area contributed by atoms with Crippen LogP contribution in [0.5, 0.6) is 0 Å². The molecule has 0 saturated carbocycles. The van der Waals surface area contributed by atoms with Crippen LogP contribution in [0.1, 0.15) is 17.4 Å². The Balaban J connectivity index is 2.38. The zero-order valence-corrected chi connectivity index (χ0v) is 12.8. The highest BCUT2D eigenvalue weighted by Gasteiger charge is 2.23. The number of hydrogen-bond donors (Lipinski definition) is 1. The maximum atomic E-state index is 13.7. The first-order valence-electron chi connectivity index (χ1n) is 5.82. The highest BCUT2D eigenvalue weighted by molar-refractivity contribution is 9.10. The number of rotatable bonds is 4. The van der Waals surface area contributed by atoms with Gasteiger partial charge >= 0.3 is 0 Å². The smallest absolute Gasteiger partial charge is 0.290 e. The first-order chi connectivity index (χ1) is 9.90. The second-order valence-corrected chi connectivity index (χ2v) is 5.43. The minimum absolute atomic E-state index is 0.0428. The Labute approximate surface area is 132 Å². The van der Waals surface area contributed by atoms with Crippen molar-refractivity contribution in [3.8, 4) is 0 Å². The predicted octanol–water partition coefficient (Wildman–Crippen LogP) is 3.82. The Morgan fingerprint density at radius 3 is 2.76 bits per heavy atom. The van der Waals surface area contributed by atoms with E-state index in [0.29, 0.717) is 4.60 Å². The molecule has 0 aliphatic heterocycles. The SMILES string of the molecule is O=[N+]([O-])c1ccc(Br)nc1CC(O)c1c(F)cccc1Cl. The van der Waals surface area contributed by atoms with Crippen molar-refractivity contribution in [2.75, 3.05) is 0 Å². The van der Waals surface area contributed by atoms with Gasteiger partial charge in [0.05, 0.1) is 11.0 Å². The van der Waals surface area contributed by atoms with Crippen molar-refractivity contribution in [2.45, 2.75) is 12.5 Å². The number of hydrogen-bond acceptors (Lipinski definition) is 4. The van der Waals surface area contributed by atoms with Gasteiger partial charge in [-0.25, -0.2) is 9.37 Å². The molecule has 110 valence electrons. The highest BCUT2D eigenvalue weighted by atomic mass is 79.9. The summed E-state index contributed by atoms with van der Waals surface area (Å²) in [7, 11) is 0. The summed E-state index contributed by atoms with van der Waals surface area (Å²) in [6.07, 6.45) is -1.56. The molecule has 0 aliphatic rings. The van der Waals surface area contributed by atoms with Crippen LogP contribution in [0.3, 0.4) is 0 Å². The molecule has 0 radical (unpaired) electrons. The lowest BCUT2D eigenvalue weighted by Gasteiger charge is -2.13. The molecular formula is C13H9BrClFN2O3. The van der Waals surface area contributed by atoms with Gasteiger partial charge in [0, 0.05) is 23.1 Å². The zero-order chi connectivity index (χ0) is 15.6. The van der Waals surface area contributed by atoms with Gasteiger partial charge in [0.25, 0.3) is 5.69 Å². The van der Waals surface area contributed by atoms with Crippen LogP contribution in [0.2, 0.25) is 5.02 Å². The van der Waals surface area contributed by atoms with Gasteiger partial charge in [-0.05, 0) is 34.1 Å². The van der Waals surface area contributed by atoms with E-state index in [1.165, 1.54) is 24.3 Å². The zero-order valence-electron chi connectivity index (χ0n) is 10.5. The standard InChI is InChI=1S/C13H9BrClFN2O3/c14-12-5-4-10(18(20)21)9(17-12)6-11(19)13-7(15)2-1-3-8(13)16/h1-5,11,19H,6H2. The lowest BCUT2D eigenvalue weighted by atomic mass is 10.0. The Hall–Kier alpha value is -1.57. The summed E-state index contributed by atoms with van der Waals surface area (Å²) in [5, 5.41) is 21.1. The van der Waals surface area contributed by atoms with E-state index in [1.807, 2.05) is 0 Å². The molecular weight excluding hydrogens is 367 g/mol. The normalized spacial score (nSPS) is 12.2. The van der Waals surface area contributed by atoms with Crippen LogP contribution in [-0.2, 0) is 6.42 Å². The Bertz CT molecular complexity index is 679. The Morgan fingerprint density at radius 1 is 1.43 bits per heavy atom. The van der Waals surface area contributed by atoms with Crippen molar-refractivity contribution in [3.05, 3.63) is 67.1 Å². The molecule has 1 aromatic heterocycles. The molecule has 2 aromatic rings. The van der Waals surface area contributed by atoms with Crippen molar-refractivity contribution in [3.63, 3.8) is 0 Å². The summed E-state index contributed by atoms with van der Waals surface area (Å²) in [5.41, 5.74) is -0.304. The van der Waals surface area contributed by atoms with E-state index >= 15 is 0 Å². The average Bonchev–Trinajstić information content (AvgIpc) is 2.38. The molecule has 5 nitrogen and oxygen atoms in total. The first-order valence-corrected chi connectivity index (χ1v) is 6.99. The number of pyridine rings is 1. The van der Waals surface area contributed by atoms with Crippen LogP contribution in [0.4, 0.5) is 10.1 Å². The number of nitro groups is 1. The molecule has 0 saturated heterocycles. The van der Waals surface area contributed by atoms with E-state index < -0.39 is 16.8 Å². The number of halogens is 3. The number of aliphatic hydroxyl groups is 1. The number of benzene rings is 1. The molecule has 2 rings (SSSR count). The predicted molar refractivity (Wildman–Crippen MR) is 78.7 cm³/mol. The third-order valence-electron chi connectivity index (χ3n) is 2.83. The second kappa shape index (κ2) is 6.46. The maximum Gasteiger partial charge on any atom is 0.290 e.